The predicted octanol–water partition coefficient (Wildman–Crippen LogP) is 2.85. The van der Waals surface area contributed by atoms with Crippen molar-refractivity contribution in [3.8, 4) is 0 Å². The summed E-state index contributed by atoms with van der Waals surface area (Å²) in [5.74, 6) is -0.405. The highest BCUT2D eigenvalue weighted by atomic mass is 35.5. The van der Waals surface area contributed by atoms with Gasteiger partial charge < -0.3 is 5.32 Å². The van der Waals surface area contributed by atoms with E-state index in [0.29, 0.717) is 10.7 Å². The minimum atomic E-state index is -0.485. The number of fused-ring (bicyclic) bond motifs is 2. The summed E-state index contributed by atoms with van der Waals surface area (Å²) in [7, 11) is 0. The van der Waals surface area contributed by atoms with E-state index < -0.39 is 5.41 Å². The van der Waals surface area contributed by atoms with Crippen LogP contribution in [0, 0.1) is 5.82 Å². The van der Waals surface area contributed by atoms with Gasteiger partial charge in [0.1, 0.15) is 5.82 Å². The monoisotopic (exact) mass is 225 g/mol. The number of halogens is 2. The summed E-state index contributed by atoms with van der Waals surface area (Å²) in [4.78, 5) is 11.8. The van der Waals surface area contributed by atoms with Crippen molar-refractivity contribution in [3.05, 3.63) is 28.5 Å². The van der Waals surface area contributed by atoms with Crippen LogP contribution < -0.4 is 5.32 Å². The van der Waals surface area contributed by atoms with Crippen LogP contribution in [-0.2, 0) is 10.2 Å². The maximum absolute atomic E-state index is 13.2. The predicted molar refractivity (Wildman–Crippen MR) is 55.6 cm³/mol. The summed E-state index contributed by atoms with van der Waals surface area (Å²) in [6.07, 6.45) is 2.61. The zero-order valence-corrected chi connectivity index (χ0v) is 8.70. The van der Waals surface area contributed by atoms with Crippen LogP contribution in [0.5, 0.6) is 0 Å². The Morgan fingerprint density at radius 2 is 2.13 bits per heavy atom. The van der Waals surface area contributed by atoms with Gasteiger partial charge in [-0.15, -0.1) is 0 Å². The molecule has 2 nitrogen and oxygen atoms in total. The van der Waals surface area contributed by atoms with E-state index in [0.717, 1.165) is 24.8 Å². The minimum Gasteiger partial charge on any atom is -0.324 e. The van der Waals surface area contributed by atoms with Crippen molar-refractivity contribution in [1.29, 1.82) is 0 Å². The normalized spacial score (nSPS) is 21.1. The SMILES string of the molecule is O=C1Nc2c(Cl)cc(F)cc2C12CCC2. The lowest BCUT2D eigenvalue weighted by Gasteiger charge is -2.36. The molecule has 1 fully saturated rings. The van der Waals surface area contributed by atoms with Crippen LogP contribution in [-0.4, -0.2) is 5.91 Å². The Hall–Kier alpha value is -1.09. The summed E-state index contributed by atoms with van der Waals surface area (Å²) in [5, 5.41) is 3.04. The summed E-state index contributed by atoms with van der Waals surface area (Å²) < 4.78 is 13.2. The van der Waals surface area contributed by atoms with Crippen molar-refractivity contribution in [1.82, 2.24) is 0 Å². The second kappa shape index (κ2) is 2.73. The third-order valence-electron chi connectivity index (χ3n) is 3.45. The molecule has 1 spiro atoms. The number of hydrogen-bond donors (Lipinski definition) is 1. The quantitative estimate of drug-likeness (QED) is 0.723. The highest BCUT2D eigenvalue weighted by molar-refractivity contribution is 6.34. The molecule has 0 saturated heterocycles. The van der Waals surface area contributed by atoms with Gasteiger partial charge in [0.2, 0.25) is 5.91 Å². The Morgan fingerprint density at radius 3 is 2.73 bits per heavy atom. The molecular formula is C11H9ClFNO. The van der Waals surface area contributed by atoms with Gasteiger partial charge in [-0.25, -0.2) is 4.39 Å². The average Bonchev–Trinajstić information content (AvgIpc) is 2.37. The molecule has 1 aromatic carbocycles. The zero-order valence-electron chi connectivity index (χ0n) is 7.94. The van der Waals surface area contributed by atoms with E-state index in [1.165, 1.54) is 12.1 Å². The topological polar surface area (TPSA) is 29.1 Å². The van der Waals surface area contributed by atoms with Crippen LogP contribution in [0.25, 0.3) is 0 Å². The maximum atomic E-state index is 13.2. The van der Waals surface area contributed by atoms with E-state index in [2.05, 4.69) is 5.32 Å². The summed E-state index contributed by atoms with van der Waals surface area (Å²) in [6.45, 7) is 0. The molecular weight excluding hydrogens is 217 g/mol. The summed E-state index contributed by atoms with van der Waals surface area (Å²) in [5.41, 5.74) is 0.854. The molecule has 1 aliphatic carbocycles. The van der Waals surface area contributed by atoms with Crippen molar-refractivity contribution in [2.24, 2.45) is 0 Å². The molecule has 15 heavy (non-hydrogen) atoms. The Bertz CT molecular complexity index is 468. The van der Waals surface area contributed by atoms with Gasteiger partial charge in [-0.2, -0.15) is 0 Å². The molecule has 1 aliphatic heterocycles. The number of rotatable bonds is 0. The van der Waals surface area contributed by atoms with Crippen molar-refractivity contribution in [2.45, 2.75) is 24.7 Å². The van der Waals surface area contributed by atoms with Crippen LogP contribution in [0.1, 0.15) is 24.8 Å². The number of nitrogens with one attached hydrogen (secondary N) is 1. The maximum Gasteiger partial charge on any atom is 0.235 e. The Balaban J connectivity index is 2.24. The molecule has 1 N–H and O–H groups in total. The van der Waals surface area contributed by atoms with Crippen LogP contribution >= 0.6 is 11.6 Å². The third-order valence-corrected chi connectivity index (χ3v) is 3.75. The Labute approximate surface area is 91.4 Å². The first-order valence-corrected chi connectivity index (χ1v) is 5.32. The van der Waals surface area contributed by atoms with Gasteiger partial charge in [-0.05, 0) is 30.5 Å². The molecule has 78 valence electrons. The third kappa shape index (κ3) is 1.01. The Kier molecular flexibility index (Phi) is 1.67. The van der Waals surface area contributed by atoms with Crippen molar-refractivity contribution < 1.29 is 9.18 Å². The molecule has 0 aromatic heterocycles. The molecule has 0 bridgehead atoms. The summed E-state index contributed by atoms with van der Waals surface area (Å²) >= 11 is 5.89. The first-order valence-electron chi connectivity index (χ1n) is 4.94. The number of hydrogen-bond acceptors (Lipinski definition) is 1. The highest BCUT2D eigenvalue weighted by Crippen LogP contribution is 2.52. The van der Waals surface area contributed by atoms with Gasteiger partial charge in [0, 0.05) is 0 Å². The average molecular weight is 226 g/mol. The molecule has 1 aromatic rings. The Morgan fingerprint density at radius 1 is 1.40 bits per heavy atom. The van der Waals surface area contributed by atoms with Crippen molar-refractivity contribution in [2.75, 3.05) is 5.32 Å². The standard InChI is InChI=1S/C11H9ClFNO/c12-8-5-6(13)4-7-9(8)14-10(15)11(7)2-1-3-11/h4-5H,1-3H2,(H,14,15). The van der Waals surface area contributed by atoms with Gasteiger partial charge in [0.05, 0.1) is 16.1 Å². The van der Waals surface area contributed by atoms with Crippen LogP contribution in [0.2, 0.25) is 5.02 Å². The van der Waals surface area contributed by atoms with E-state index in [1.54, 1.807) is 0 Å². The highest BCUT2D eigenvalue weighted by Gasteiger charge is 2.51. The fourth-order valence-corrected chi connectivity index (χ4v) is 2.71. The van der Waals surface area contributed by atoms with Gasteiger partial charge in [0.25, 0.3) is 0 Å². The summed E-state index contributed by atoms with van der Waals surface area (Å²) in [6, 6.07) is 2.66. The molecule has 1 amide bonds. The smallest absolute Gasteiger partial charge is 0.235 e. The fraction of sp³-hybridized carbons (Fsp3) is 0.364. The second-order valence-corrected chi connectivity index (χ2v) is 4.61. The van der Waals surface area contributed by atoms with Gasteiger partial charge in [0.15, 0.2) is 0 Å². The molecule has 0 unspecified atom stereocenters. The molecule has 1 heterocycles. The van der Waals surface area contributed by atoms with E-state index in [1.807, 2.05) is 0 Å². The number of amides is 1. The minimum absolute atomic E-state index is 0.0312. The van der Waals surface area contributed by atoms with Crippen molar-refractivity contribution >= 4 is 23.2 Å². The molecule has 1 saturated carbocycles. The lowest BCUT2D eigenvalue weighted by molar-refractivity contribution is -0.123. The molecule has 4 heteroatoms. The van der Waals surface area contributed by atoms with Crippen LogP contribution in [0.15, 0.2) is 12.1 Å². The molecule has 0 radical (unpaired) electrons. The molecule has 0 atom stereocenters. The lowest BCUT2D eigenvalue weighted by atomic mass is 9.65. The largest absolute Gasteiger partial charge is 0.324 e. The molecule has 3 rings (SSSR count). The lowest BCUT2D eigenvalue weighted by Crippen LogP contribution is -2.40. The van der Waals surface area contributed by atoms with Gasteiger partial charge in [-0.3, -0.25) is 4.79 Å². The first kappa shape index (κ1) is 9.16. The fourth-order valence-electron chi connectivity index (χ4n) is 2.46. The number of benzene rings is 1. The molecule has 2 aliphatic rings. The number of anilines is 1. The van der Waals surface area contributed by atoms with Crippen LogP contribution in [0.3, 0.4) is 0 Å². The zero-order chi connectivity index (χ0) is 10.6. The van der Waals surface area contributed by atoms with Crippen molar-refractivity contribution in [3.63, 3.8) is 0 Å². The van der Waals surface area contributed by atoms with E-state index in [9.17, 15) is 9.18 Å². The second-order valence-electron chi connectivity index (χ2n) is 4.20. The van der Waals surface area contributed by atoms with Crippen LogP contribution in [0.4, 0.5) is 10.1 Å². The number of carbonyl (C=O) groups excluding carboxylic acids is 1. The first-order chi connectivity index (χ1) is 7.13. The number of carbonyl (C=O) groups is 1. The van der Waals surface area contributed by atoms with E-state index >= 15 is 0 Å². The van der Waals surface area contributed by atoms with Gasteiger partial charge >= 0.3 is 0 Å². The van der Waals surface area contributed by atoms with E-state index in [-0.39, 0.29) is 11.7 Å². The van der Waals surface area contributed by atoms with Gasteiger partial charge in [-0.1, -0.05) is 18.0 Å². The van der Waals surface area contributed by atoms with E-state index in [4.69, 9.17) is 11.6 Å².